The minimum atomic E-state index is -0.365. The molecule has 1 heterocycles. The number of aromatic amines is 1. The third-order valence-corrected chi connectivity index (χ3v) is 3.77. The van der Waals surface area contributed by atoms with Crippen LogP contribution < -0.4 is 11.1 Å². The molecule has 0 unspecified atom stereocenters. The lowest BCUT2D eigenvalue weighted by Crippen LogP contribution is -2.40. The highest BCUT2D eigenvalue weighted by Gasteiger charge is 2.40. The van der Waals surface area contributed by atoms with Crippen molar-refractivity contribution in [3.05, 3.63) is 11.8 Å². The van der Waals surface area contributed by atoms with Crippen molar-refractivity contribution in [1.82, 2.24) is 10.2 Å². The molecule has 0 bridgehead atoms. The average Bonchev–Trinajstić information content (AvgIpc) is 2.97. The number of nitrogens with two attached hydrogens (primary N) is 1. The Hall–Kier alpha value is -1.36. The molecule has 1 amide bonds. The average molecular weight is 236 g/mol. The first-order valence-electron chi connectivity index (χ1n) is 6.25. The summed E-state index contributed by atoms with van der Waals surface area (Å²) in [6.45, 7) is 2.46. The number of aryl methyl sites for hydroxylation is 1. The van der Waals surface area contributed by atoms with Crippen LogP contribution in [-0.4, -0.2) is 22.6 Å². The number of hydrogen-bond donors (Lipinski definition) is 3. The van der Waals surface area contributed by atoms with Crippen molar-refractivity contribution in [2.45, 2.75) is 39.0 Å². The molecule has 5 nitrogen and oxygen atoms in total. The van der Waals surface area contributed by atoms with Crippen LogP contribution in [0.5, 0.6) is 0 Å². The summed E-state index contributed by atoms with van der Waals surface area (Å²) >= 11 is 0. The van der Waals surface area contributed by atoms with Crippen molar-refractivity contribution in [2.24, 2.45) is 11.1 Å². The van der Waals surface area contributed by atoms with Crippen molar-refractivity contribution in [1.29, 1.82) is 0 Å². The van der Waals surface area contributed by atoms with Gasteiger partial charge in [-0.1, -0.05) is 19.8 Å². The van der Waals surface area contributed by atoms with E-state index in [4.69, 9.17) is 5.73 Å². The smallest absolute Gasteiger partial charge is 0.233 e. The molecule has 0 aromatic carbocycles. The summed E-state index contributed by atoms with van der Waals surface area (Å²) in [7, 11) is 0. The van der Waals surface area contributed by atoms with Crippen LogP contribution in [-0.2, 0) is 11.2 Å². The van der Waals surface area contributed by atoms with E-state index in [0.29, 0.717) is 6.54 Å². The van der Waals surface area contributed by atoms with E-state index in [0.717, 1.165) is 43.5 Å². The normalized spacial score (nSPS) is 18.2. The van der Waals surface area contributed by atoms with Gasteiger partial charge in [0.2, 0.25) is 5.91 Å². The second-order valence-electron chi connectivity index (χ2n) is 4.77. The van der Waals surface area contributed by atoms with Crippen molar-refractivity contribution in [2.75, 3.05) is 11.9 Å². The molecular weight excluding hydrogens is 216 g/mol. The molecule has 4 N–H and O–H groups in total. The van der Waals surface area contributed by atoms with Crippen LogP contribution >= 0.6 is 0 Å². The van der Waals surface area contributed by atoms with Gasteiger partial charge in [0.1, 0.15) is 5.82 Å². The lowest BCUT2D eigenvalue weighted by Gasteiger charge is -2.25. The van der Waals surface area contributed by atoms with Gasteiger partial charge < -0.3 is 11.1 Å². The SMILES string of the molecule is CCc1cn[nH]c1NC(=O)C1(CN)CCCC1. The van der Waals surface area contributed by atoms with Gasteiger partial charge in [-0.05, 0) is 19.3 Å². The highest BCUT2D eigenvalue weighted by atomic mass is 16.2. The molecule has 5 heteroatoms. The molecule has 1 aliphatic rings. The Kier molecular flexibility index (Phi) is 3.47. The van der Waals surface area contributed by atoms with E-state index in [2.05, 4.69) is 15.5 Å². The number of carbonyl (C=O) groups is 1. The van der Waals surface area contributed by atoms with Crippen molar-refractivity contribution in [3.8, 4) is 0 Å². The standard InChI is InChI=1S/C12H20N4O/c1-2-9-7-14-16-10(9)15-11(17)12(8-13)5-3-4-6-12/h7H,2-6,8,13H2,1H3,(H2,14,15,16,17). The Morgan fingerprint density at radius 3 is 2.88 bits per heavy atom. The first kappa shape index (κ1) is 12.1. The maximum atomic E-state index is 12.3. The summed E-state index contributed by atoms with van der Waals surface area (Å²) in [5.74, 6) is 0.758. The number of H-pyrrole nitrogens is 1. The molecule has 0 atom stereocenters. The predicted molar refractivity (Wildman–Crippen MR) is 66.6 cm³/mol. The van der Waals surface area contributed by atoms with Crippen LogP contribution in [0.15, 0.2) is 6.20 Å². The summed E-state index contributed by atoms with van der Waals surface area (Å²) < 4.78 is 0. The van der Waals surface area contributed by atoms with Gasteiger partial charge in [-0.15, -0.1) is 0 Å². The Bertz CT molecular complexity index is 393. The minimum Gasteiger partial charge on any atom is -0.329 e. The van der Waals surface area contributed by atoms with Gasteiger partial charge in [0.25, 0.3) is 0 Å². The molecule has 1 fully saturated rings. The summed E-state index contributed by atoms with van der Waals surface area (Å²) in [6, 6.07) is 0. The summed E-state index contributed by atoms with van der Waals surface area (Å²) in [5, 5.41) is 9.72. The first-order valence-corrected chi connectivity index (χ1v) is 6.25. The zero-order valence-corrected chi connectivity index (χ0v) is 10.3. The molecule has 1 aromatic heterocycles. The Morgan fingerprint density at radius 2 is 2.29 bits per heavy atom. The highest BCUT2D eigenvalue weighted by molar-refractivity contribution is 5.95. The Balaban J connectivity index is 2.10. The van der Waals surface area contributed by atoms with Crippen LogP contribution in [0.1, 0.15) is 38.2 Å². The quantitative estimate of drug-likeness (QED) is 0.739. The van der Waals surface area contributed by atoms with Crippen LogP contribution in [0.4, 0.5) is 5.82 Å². The summed E-state index contributed by atoms with van der Waals surface area (Å²) in [5.41, 5.74) is 6.45. The molecule has 2 rings (SSSR count). The largest absolute Gasteiger partial charge is 0.329 e. The maximum absolute atomic E-state index is 12.3. The molecule has 0 spiro atoms. The first-order chi connectivity index (χ1) is 8.22. The maximum Gasteiger partial charge on any atom is 0.233 e. The number of aromatic nitrogens is 2. The minimum absolute atomic E-state index is 0.0384. The second-order valence-corrected chi connectivity index (χ2v) is 4.77. The molecule has 1 saturated carbocycles. The Labute approximate surface area is 101 Å². The zero-order chi connectivity index (χ0) is 12.3. The highest BCUT2D eigenvalue weighted by Crippen LogP contribution is 2.38. The molecule has 0 saturated heterocycles. The molecule has 1 aromatic rings. The molecule has 0 radical (unpaired) electrons. The molecule has 1 aliphatic carbocycles. The monoisotopic (exact) mass is 236 g/mol. The molecule has 0 aliphatic heterocycles. The van der Waals surface area contributed by atoms with Gasteiger partial charge in [-0.2, -0.15) is 5.10 Å². The van der Waals surface area contributed by atoms with Crippen LogP contribution in [0.25, 0.3) is 0 Å². The van der Waals surface area contributed by atoms with E-state index in [1.165, 1.54) is 0 Å². The van der Waals surface area contributed by atoms with Crippen molar-refractivity contribution >= 4 is 11.7 Å². The summed E-state index contributed by atoms with van der Waals surface area (Å²) in [6.07, 6.45) is 6.57. The van der Waals surface area contributed by atoms with Gasteiger partial charge in [-0.3, -0.25) is 9.89 Å². The Morgan fingerprint density at radius 1 is 1.59 bits per heavy atom. The molecular formula is C12H20N4O. The van der Waals surface area contributed by atoms with E-state index in [9.17, 15) is 4.79 Å². The number of carbonyl (C=O) groups excluding carboxylic acids is 1. The third-order valence-electron chi connectivity index (χ3n) is 3.77. The van der Waals surface area contributed by atoms with Gasteiger partial charge in [0.15, 0.2) is 0 Å². The van der Waals surface area contributed by atoms with Crippen LogP contribution in [0.3, 0.4) is 0 Å². The fraction of sp³-hybridized carbons (Fsp3) is 0.667. The number of nitrogens with one attached hydrogen (secondary N) is 2. The number of amides is 1. The van der Waals surface area contributed by atoms with E-state index in [1.807, 2.05) is 6.92 Å². The fourth-order valence-electron chi connectivity index (χ4n) is 2.51. The lowest BCUT2D eigenvalue weighted by molar-refractivity contribution is -0.124. The van der Waals surface area contributed by atoms with Gasteiger partial charge >= 0.3 is 0 Å². The van der Waals surface area contributed by atoms with E-state index >= 15 is 0 Å². The van der Waals surface area contributed by atoms with Crippen molar-refractivity contribution in [3.63, 3.8) is 0 Å². The molecule has 94 valence electrons. The summed E-state index contributed by atoms with van der Waals surface area (Å²) in [4.78, 5) is 12.3. The van der Waals surface area contributed by atoms with Crippen LogP contribution in [0, 0.1) is 5.41 Å². The second kappa shape index (κ2) is 4.87. The number of rotatable bonds is 4. The predicted octanol–water partition coefficient (Wildman–Crippen LogP) is 1.43. The molecule has 17 heavy (non-hydrogen) atoms. The lowest BCUT2D eigenvalue weighted by atomic mass is 9.85. The van der Waals surface area contributed by atoms with Crippen molar-refractivity contribution < 1.29 is 4.79 Å². The number of anilines is 1. The van der Waals surface area contributed by atoms with E-state index in [1.54, 1.807) is 6.20 Å². The van der Waals surface area contributed by atoms with E-state index in [-0.39, 0.29) is 11.3 Å². The number of nitrogens with zero attached hydrogens (tertiary/aromatic N) is 1. The third kappa shape index (κ3) is 2.20. The van der Waals surface area contributed by atoms with Gasteiger partial charge in [0.05, 0.1) is 11.6 Å². The van der Waals surface area contributed by atoms with E-state index < -0.39 is 0 Å². The fourth-order valence-corrected chi connectivity index (χ4v) is 2.51. The van der Waals surface area contributed by atoms with Crippen LogP contribution in [0.2, 0.25) is 0 Å². The zero-order valence-electron chi connectivity index (χ0n) is 10.3. The van der Waals surface area contributed by atoms with Gasteiger partial charge in [-0.25, -0.2) is 0 Å². The topological polar surface area (TPSA) is 83.8 Å². The number of hydrogen-bond acceptors (Lipinski definition) is 3. The van der Waals surface area contributed by atoms with Gasteiger partial charge in [0, 0.05) is 12.1 Å².